The largest absolute Gasteiger partial charge is 0.508 e. The van der Waals surface area contributed by atoms with Gasteiger partial charge in [-0.2, -0.15) is 25.3 Å². The number of carboxylic acids is 1. The van der Waals surface area contributed by atoms with Crippen molar-refractivity contribution in [2.45, 2.75) is 62.3 Å². The molecule has 2 heterocycles. The van der Waals surface area contributed by atoms with Gasteiger partial charge in [-0.3, -0.25) is 24.0 Å². The minimum absolute atomic E-state index is 0.00829. The van der Waals surface area contributed by atoms with Gasteiger partial charge in [-0.05, 0) is 49.9 Å². The molecule has 0 spiro atoms. The van der Waals surface area contributed by atoms with Gasteiger partial charge >= 0.3 is 5.97 Å². The molecule has 5 amide bonds. The third kappa shape index (κ3) is 9.76. The van der Waals surface area contributed by atoms with Crippen molar-refractivity contribution in [1.82, 2.24) is 31.5 Å². The first-order valence-corrected chi connectivity index (χ1v) is 15.2. The molecule has 0 aromatic heterocycles. The van der Waals surface area contributed by atoms with Crippen LogP contribution in [0.1, 0.15) is 31.2 Å². The van der Waals surface area contributed by atoms with Crippen LogP contribution in [-0.4, -0.2) is 112 Å². The number of rotatable bonds is 14. The standard InChI is InChI=1S/C27H38N6O8S2/c34-16-7-5-15(6-8-16)11-18(24(37)32-20(14-43)27(40)41)31-25(38)21-4-2-10-33(21)26(39)19(13-42)30-22(35)12-29-23(36)17-3-1-9-28-17/h5-8,17-21,28,34,42-43H,1-4,9-14H2,(H,29,36)(H,30,35)(H,31,38)(H,32,37)(H,40,41)/t17-,18-,19-,20-,21-/m0/s1. The molecule has 1 aromatic rings. The molecule has 43 heavy (non-hydrogen) atoms. The predicted molar refractivity (Wildman–Crippen MR) is 162 cm³/mol. The summed E-state index contributed by atoms with van der Waals surface area (Å²) in [6, 6.07) is 1.10. The first-order valence-electron chi connectivity index (χ1n) is 14.0. The fraction of sp³-hybridized carbons (Fsp3) is 0.556. The zero-order valence-corrected chi connectivity index (χ0v) is 25.2. The van der Waals surface area contributed by atoms with E-state index in [4.69, 9.17) is 0 Å². The van der Waals surface area contributed by atoms with E-state index in [1.165, 1.54) is 17.0 Å². The van der Waals surface area contributed by atoms with Gasteiger partial charge in [-0.1, -0.05) is 12.1 Å². The summed E-state index contributed by atoms with van der Waals surface area (Å²) in [5, 5.41) is 32.1. The lowest BCUT2D eigenvalue weighted by Crippen LogP contribution is -2.58. The number of hydrogen-bond acceptors (Lipinski definition) is 10. The van der Waals surface area contributed by atoms with Crippen LogP contribution in [0.5, 0.6) is 5.75 Å². The second-order valence-electron chi connectivity index (χ2n) is 10.4. The molecule has 3 rings (SSSR count). The number of carbonyl (C=O) groups excluding carboxylic acids is 5. The maximum Gasteiger partial charge on any atom is 0.327 e. The number of thiol groups is 2. The second kappa shape index (κ2) is 16.4. The number of phenolic OH excluding ortho intramolecular Hbond substituents is 1. The highest BCUT2D eigenvalue weighted by Crippen LogP contribution is 2.20. The summed E-state index contributed by atoms with van der Waals surface area (Å²) in [5.74, 6) is -4.31. The summed E-state index contributed by atoms with van der Waals surface area (Å²) in [7, 11) is 0. The Morgan fingerprint density at radius 3 is 2.21 bits per heavy atom. The molecule has 2 saturated heterocycles. The van der Waals surface area contributed by atoms with E-state index in [1.807, 2.05) is 0 Å². The smallest absolute Gasteiger partial charge is 0.327 e. The van der Waals surface area contributed by atoms with Crippen LogP contribution in [0.25, 0.3) is 0 Å². The molecule has 0 unspecified atom stereocenters. The van der Waals surface area contributed by atoms with Gasteiger partial charge in [0.2, 0.25) is 29.5 Å². The second-order valence-corrected chi connectivity index (χ2v) is 11.1. The zero-order valence-electron chi connectivity index (χ0n) is 23.5. The Bertz CT molecular complexity index is 1180. The first-order chi connectivity index (χ1) is 20.5. The number of phenols is 1. The van der Waals surface area contributed by atoms with Gasteiger partial charge in [0, 0.05) is 24.5 Å². The number of benzene rings is 1. The van der Waals surface area contributed by atoms with Crippen molar-refractivity contribution in [1.29, 1.82) is 0 Å². The van der Waals surface area contributed by atoms with E-state index in [9.17, 15) is 39.0 Å². The molecule has 0 radical (unpaired) electrons. The number of carboxylic acid groups (broad SMARTS) is 1. The summed E-state index contributed by atoms with van der Waals surface area (Å²) in [6.45, 7) is 0.638. The number of aliphatic carboxylic acids is 1. The Balaban J connectivity index is 1.65. The lowest BCUT2D eigenvalue weighted by atomic mass is 10.0. The van der Waals surface area contributed by atoms with Crippen molar-refractivity contribution in [3.8, 4) is 5.75 Å². The van der Waals surface area contributed by atoms with Crippen LogP contribution in [0.2, 0.25) is 0 Å². The molecular formula is C27H38N6O8S2. The summed E-state index contributed by atoms with van der Waals surface area (Å²) in [6.07, 6.45) is 2.32. The van der Waals surface area contributed by atoms with Crippen molar-refractivity contribution in [2.75, 3.05) is 31.1 Å². The van der Waals surface area contributed by atoms with Gasteiger partial charge in [0.1, 0.15) is 29.9 Å². The number of hydrogen-bond donors (Lipinski definition) is 9. The molecule has 2 aliphatic heterocycles. The van der Waals surface area contributed by atoms with E-state index in [1.54, 1.807) is 12.1 Å². The predicted octanol–water partition coefficient (Wildman–Crippen LogP) is -1.81. The van der Waals surface area contributed by atoms with E-state index in [-0.39, 0.29) is 48.7 Å². The van der Waals surface area contributed by atoms with Crippen molar-refractivity contribution >= 4 is 60.8 Å². The highest BCUT2D eigenvalue weighted by molar-refractivity contribution is 7.80. The van der Waals surface area contributed by atoms with Gasteiger partial charge < -0.3 is 41.7 Å². The fourth-order valence-corrected chi connectivity index (χ4v) is 5.43. The van der Waals surface area contributed by atoms with Crippen LogP contribution in [0, 0.1) is 0 Å². The number of carbonyl (C=O) groups is 6. The number of likely N-dealkylation sites (tertiary alicyclic amines) is 1. The van der Waals surface area contributed by atoms with E-state index in [0.29, 0.717) is 24.8 Å². The van der Waals surface area contributed by atoms with Gasteiger partial charge in [0.15, 0.2) is 0 Å². The Morgan fingerprint density at radius 2 is 1.60 bits per heavy atom. The summed E-state index contributed by atoms with van der Waals surface area (Å²) < 4.78 is 0. The minimum atomic E-state index is -1.29. The van der Waals surface area contributed by atoms with Crippen LogP contribution in [0.15, 0.2) is 24.3 Å². The number of nitrogens with one attached hydrogen (secondary N) is 5. The summed E-state index contributed by atoms with van der Waals surface area (Å²) in [5.41, 5.74) is 0.587. The maximum absolute atomic E-state index is 13.4. The van der Waals surface area contributed by atoms with Crippen molar-refractivity contribution in [3.63, 3.8) is 0 Å². The highest BCUT2D eigenvalue weighted by Gasteiger charge is 2.39. The van der Waals surface area contributed by atoms with Crippen molar-refractivity contribution < 1.29 is 39.0 Å². The lowest BCUT2D eigenvalue weighted by molar-refractivity contribution is -0.143. The van der Waals surface area contributed by atoms with Crippen LogP contribution in [-0.2, 0) is 35.2 Å². The average Bonchev–Trinajstić information content (AvgIpc) is 3.71. The molecule has 0 saturated carbocycles. The Morgan fingerprint density at radius 1 is 0.907 bits per heavy atom. The molecule has 0 bridgehead atoms. The van der Waals surface area contributed by atoms with E-state index < -0.39 is 53.8 Å². The fourth-order valence-electron chi connectivity index (χ4n) is 4.94. The summed E-state index contributed by atoms with van der Waals surface area (Å²) in [4.78, 5) is 77.4. The van der Waals surface area contributed by atoms with Crippen molar-refractivity contribution in [3.05, 3.63) is 29.8 Å². The molecule has 0 aliphatic carbocycles. The molecule has 2 aliphatic rings. The third-order valence-corrected chi connectivity index (χ3v) is 7.99. The average molecular weight is 639 g/mol. The zero-order chi connectivity index (χ0) is 31.5. The third-order valence-electron chi connectivity index (χ3n) is 7.26. The molecule has 236 valence electrons. The molecule has 7 N–H and O–H groups in total. The normalized spacial score (nSPS) is 20.0. The Kier molecular flexibility index (Phi) is 12.9. The van der Waals surface area contributed by atoms with Gasteiger partial charge in [-0.25, -0.2) is 4.79 Å². The SMILES string of the molecule is O=C(CNC(=O)[C@@H]1CCCN1)N[C@@H](CS)C(=O)N1CCC[C@H]1C(=O)N[C@@H](Cc1ccc(O)cc1)C(=O)N[C@@H](CS)C(=O)O. The molecule has 14 nitrogen and oxygen atoms in total. The topological polar surface area (TPSA) is 206 Å². The van der Waals surface area contributed by atoms with E-state index in [0.717, 1.165) is 13.0 Å². The molecule has 2 fully saturated rings. The monoisotopic (exact) mass is 638 g/mol. The lowest BCUT2D eigenvalue weighted by Gasteiger charge is -2.29. The minimum Gasteiger partial charge on any atom is -0.508 e. The van der Waals surface area contributed by atoms with Crippen LogP contribution in [0.4, 0.5) is 0 Å². The first kappa shape index (κ1) is 34.0. The van der Waals surface area contributed by atoms with E-state index in [2.05, 4.69) is 51.8 Å². The number of aromatic hydroxyl groups is 1. The van der Waals surface area contributed by atoms with Crippen LogP contribution >= 0.6 is 25.3 Å². The van der Waals surface area contributed by atoms with E-state index >= 15 is 0 Å². The number of amides is 5. The molecule has 5 atom stereocenters. The summed E-state index contributed by atoms with van der Waals surface area (Å²) >= 11 is 8.17. The Hall–Kier alpha value is -3.50. The quantitative estimate of drug-likeness (QED) is 0.105. The molecule has 1 aromatic carbocycles. The van der Waals surface area contributed by atoms with Gasteiger partial charge in [0.05, 0.1) is 12.6 Å². The maximum atomic E-state index is 13.4. The highest BCUT2D eigenvalue weighted by atomic mass is 32.1. The molecule has 16 heteroatoms. The Labute approximate surface area is 259 Å². The molecular weight excluding hydrogens is 600 g/mol. The van der Waals surface area contributed by atoms with Gasteiger partial charge in [0.25, 0.3) is 0 Å². The number of nitrogens with zero attached hydrogens (tertiary/aromatic N) is 1. The van der Waals surface area contributed by atoms with Gasteiger partial charge in [-0.15, -0.1) is 0 Å². The van der Waals surface area contributed by atoms with Crippen LogP contribution < -0.4 is 26.6 Å². The van der Waals surface area contributed by atoms with Crippen LogP contribution in [0.3, 0.4) is 0 Å². The van der Waals surface area contributed by atoms with Crippen molar-refractivity contribution in [2.24, 2.45) is 0 Å².